The van der Waals surface area contributed by atoms with Gasteiger partial charge in [-0.05, 0) is 48.0 Å². The third-order valence-electron chi connectivity index (χ3n) is 5.17. The molecule has 0 N–H and O–H groups in total. The van der Waals surface area contributed by atoms with Crippen molar-refractivity contribution in [3.05, 3.63) is 133 Å². The van der Waals surface area contributed by atoms with Crippen molar-refractivity contribution in [1.82, 2.24) is 0 Å². The van der Waals surface area contributed by atoms with Crippen LogP contribution in [0.4, 0.5) is 17.1 Å². The van der Waals surface area contributed by atoms with Gasteiger partial charge in [0.15, 0.2) is 11.6 Å². The number of para-hydroxylation sites is 2. The maximum atomic E-state index is 12.6. The Morgan fingerprint density at radius 3 is 1.42 bits per heavy atom. The lowest BCUT2D eigenvalue weighted by molar-refractivity contribution is -0.115. The summed E-state index contributed by atoms with van der Waals surface area (Å²) in [6, 6.07) is 28.0. The number of carbonyl (C=O) groups excluding carboxylic acids is 2. The van der Waals surface area contributed by atoms with Crippen LogP contribution in [0.1, 0.15) is 5.56 Å². The number of hydrogen-bond acceptors (Lipinski definition) is 3. The molecule has 1 aliphatic rings. The summed E-state index contributed by atoms with van der Waals surface area (Å²) in [6.45, 7) is 7.29. The molecule has 0 fully saturated rings. The Labute approximate surface area is 182 Å². The first-order valence-corrected chi connectivity index (χ1v) is 9.94. The minimum atomic E-state index is -0.311. The van der Waals surface area contributed by atoms with E-state index in [1.807, 2.05) is 60.7 Å². The molecule has 3 heteroatoms. The summed E-state index contributed by atoms with van der Waals surface area (Å²) in [5, 5.41) is 0. The molecule has 4 rings (SSSR count). The first-order chi connectivity index (χ1) is 15.1. The summed E-state index contributed by atoms with van der Waals surface area (Å²) in [4.78, 5) is 27.3. The van der Waals surface area contributed by atoms with Gasteiger partial charge in [0.05, 0.1) is 5.57 Å². The Morgan fingerprint density at radius 1 is 0.581 bits per heavy atom. The monoisotopic (exact) mass is 403 g/mol. The lowest BCUT2D eigenvalue weighted by Crippen LogP contribution is -2.09. The zero-order valence-electron chi connectivity index (χ0n) is 17.0. The van der Waals surface area contributed by atoms with Gasteiger partial charge in [-0.25, -0.2) is 0 Å². The average Bonchev–Trinajstić information content (AvgIpc) is 3.05. The highest BCUT2D eigenvalue weighted by Crippen LogP contribution is 2.34. The van der Waals surface area contributed by atoms with E-state index in [1.165, 1.54) is 12.2 Å². The topological polar surface area (TPSA) is 37.4 Å². The first kappa shape index (κ1) is 20.0. The van der Waals surface area contributed by atoms with E-state index < -0.39 is 0 Å². The second-order valence-corrected chi connectivity index (χ2v) is 7.05. The fraction of sp³-hybridized carbons (Fsp3) is 0. The molecule has 0 unspecified atom stereocenters. The molecule has 0 radical (unpaired) electrons. The van der Waals surface area contributed by atoms with Crippen molar-refractivity contribution in [2.75, 3.05) is 4.90 Å². The number of benzene rings is 3. The maximum Gasteiger partial charge on any atom is 0.197 e. The Hall–Kier alpha value is -4.24. The standard InChI is InChI=1S/C28H21NO2/c1-3-24-25(4-2)28(31)26(27(24)30)19-20-15-17-23(18-16-20)29(21-11-7-5-8-12-21)22-13-9-6-10-14-22/h3-19H,1-2H2. The van der Waals surface area contributed by atoms with E-state index in [4.69, 9.17) is 0 Å². The van der Waals surface area contributed by atoms with Crippen LogP contribution in [0.3, 0.4) is 0 Å². The van der Waals surface area contributed by atoms with Gasteiger partial charge in [0.25, 0.3) is 0 Å². The number of hydrogen-bond donors (Lipinski definition) is 0. The summed E-state index contributed by atoms with van der Waals surface area (Å²) in [5.41, 5.74) is 4.58. The van der Waals surface area contributed by atoms with Gasteiger partial charge in [-0.3, -0.25) is 9.59 Å². The van der Waals surface area contributed by atoms with Crippen LogP contribution in [0.2, 0.25) is 0 Å². The SMILES string of the molecule is C=CC1=C(C=C)C(=O)C(=Cc2ccc(N(c3ccccc3)c3ccccc3)cc2)C1=O. The van der Waals surface area contributed by atoms with Gasteiger partial charge in [0.1, 0.15) is 0 Å². The zero-order chi connectivity index (χ0) is 21.8. The molecule has 0 atom stereocenters. The Balaban J connectivity index is 1.70. The number of ketones is 2. The molecule has 1 aliphatic carbocycles. The lowest BCUT2D eigenvalue weighted by atomic mass is 10.0. The largest absolute Gasteiger partial charge is 0.311 e. The van der Waals surface area contributed by atoms with E-state index in [2.05, 4.69) is 42.3 Å². The first-order valence-electron chi connectivity index (χ1n) is 9.94. The maximum absolute atomic E-state index is 12.6. The molecule has 150 valence electrons. The molecule has 0 saturated carbocycles. The van der Waals surface area contributed by atoms with Crippen molar-refractivity contribution < 1.29 is 9.59 Å². The summed E-state index contributed by atoms with van der Waals surface area (Å²) in [5.74, 6) is -0.622. The number of allylic oxidation sites excluding steroid dienone is 5. The predicted octanol–water partition coefficient (Wildman–Crippen LogP) is 6.36. The van der Waals surface area contributed by atoms with Crippen LogP contribution in [0.5, 0.6) is 0 Å². The molecular formula is C28H21NO2. The van der Waals surface area contributed by atoms with E-state index in [0.717, 1.165) is 22.6 Å². The van der Waals surface area contributed by atoms with Crippen LogP contribution >= 0.6 is 0 Å². The molecule has 3 aromatic carbocycles. The van der Waals surface area contributed by atoms with Crippen molar-refractivity contribution in [2.45, 2.75) is 0 Å². The Morgan fingerprint density at radius 2 is 1.00 bits per heavy atom. The van der Waals surface area contributed by atoms with Crippen LogP contribution in [-0.4, -0.2) is 11.6 Å². The Bertz CT molecular complexity index is 1150. The molecule has 31 heavy (non-hydrogen) atoms. The van der Waals surface area contributed by atoms with Crippen molar-refractivity contribution in [1.29, 1.82) is 0 Å². The third-order valence-corrected chi connectivity index (χ3v) is 5.17. The highest BCUT2D eigenvalue weighted by Gasteiger charge is 2.32. The van der Waals surface area contributed by atoms with Gasteiger partial charge in [0, 0.05) is 28.2 Å². The van der Waals surface area contributed by atoms with Crippen LogP contribution in [-0.2, 0) is 9.59 Å². The molecule has 0 spiro atoms. The van der Waals surface area contributed by atoms with E-state index in [-0.39, 0.29) is 17.1 Å². The van der Waals surface area contributed by atoms with E-state index in [9.17, 15) is 9.59 Å². The average molecular weight is 403 g/mol. The van der Waals surface area contributed by atoms with Crippen LogP contribution in [0, 0.1) is 0 Å². The third kappa shape index (κ3) is 3.81. The van der Waals surface area contributed by atoms with Gasteiger partial charge in [-0.2, -0.15) is 0 Å². The van der Waals surface area contributed by atoms with E-state index in [1.54, 1.807) is 6.08 Å². The highest BCUT2D eigenvalue weighted by atomic mass is 16.2. The number of nitrogens with zero attached hydrogens (tertiary/aromatic N) is 1. The molecule has 0 aromatic heterocycles. The minimum absolute atomic E-state index is 0.139. The normalized spacial score (nSPS) is 13.4. The molecule has 3 nitrogen and oxygen atoms in total. The van der Waals surface area contributed by atoms with E-state index >= 15 is 0 Å². The van der Waals surface area contributed by atoms with Gasteiger partial charge in [-0.1, -0.05) is 73.8 Å². The summed E-state index contributed by atoms with van der Waals surface area (Å²) >= 11 is 0. The van der Waals surface area contributed by atoms with Crippen LogP contribution < -0.4 is 4.90 Å². The van der Waals surface area contributed by atoms with Crippen molar-refractivity contribution in [2.24, 2.45) is 0 Å². The number of Topliss-reactive ketones (excluding diaryl/α,β-unsaturated/α-hetero) is 2. The van der Waals surface area contributed by atoms with Crippen molar-refractivity contribution in [3.8, 4) is 0 Å². The predicted molar refractivity (Wildman–Crippen MR) is 127 cm³/mol. The van der Waals surface area contributed by atoms with E-state index in [0.29, 0.717) is 11.1 Å². The van der Waals surface area contributed by atoms with Crippen LogP contribution in [0.25, 0.3) is 6.08 Å². The molecule has 0 heterocycles. The second kappa shape index (κ2) is 8.64. The van der Waals surface area contributed by atoms with Gasteiger partial charge >= 0.3 is 0 Å². The molecule has 0 bridgehead atoms. The molecular weight excluding hydrogens is 382 g/mol. The minimum Gasteiger partial charge on any atom is -0.311 e. The Kier molecular flexibility index (Phi) is 5.59. The van der Waals surface area contributed by atoms with Crippen molar-refractivity contribution in [3.63, 3.8) is 0 Å². The van der Waals surface area contributed by atoms with Gasteiger partial charge in [-0.15, -0.1) is 0 Å². The number of anilines is 3. The lowest BCUT2D eigenvalue weighted by Gasteiger charge is -2.25. The summed E-state index contributed by atoms with van der Waals surface area (Å²) < 4.78 is 0. The number of carbonyl (C=O) groups is 2. The molecule has 0 amide bonds. The zero-order valence-corrected chi connectivity index (χ0v) is 17.0. The fourth-order valence-corrected chi connectivity index (χ4v) is 3.66. The molecule has 3 aromatic rings. The summed E-state index contributed by atoms with van der Waals surface area (Å²) in [6.07, 6.45) is 4.46. The molecule has 0 aliphatic heterocycles. The van der Waals surface area contributed by atoms with Gasteiger partial charge in [0.2, 0.25) is 0 Å². The van der Waals surface area contributed by atoms with Gasteiger partial charge < -0.3 is 4.90 Å². The smallest absolute Gasteiger partial charge is 0.197 e. The highest BCUT2D eigenvalue weighted by molar-refractivity contribution is 6.41. The quantitative estimate of drug-likeness (QED) is 0.355. The number of rotatable bonds is 6. The second-order valence-electron chi connectivity index (χ2n) is 7.05. The summed E-state index contributed by atoms with van der Waals surface area (Å²) in [7, 11) is 0. The van der Waals surface area contributed by atoms with Crippen LogP contribution in [0.15, 0.2) is 127 Å². The fourth-order valence-electron chi connectivity index (χ4n) is 3.66. The molecule has 0 saturated heterocycles. The van der Waals surface area contributed by atoms with Crippen molar-refractivity contribution >= 4 is 34.7 Å².